The molecule has 2 heterocycles. The molecule has 140 valence electrons. The molecule has 0 aliphatic heterocycles. The lowest BCUT2D eigenvalue weighted by atomic mass is 10.1. The standard InChI is InChI=1S/C19H15BrN6OS/c1-11-5-3-4-6-15(11)18(27)22-19-21-17(24-28-19)16-12(2)26(25-23-16)14-9-7-13(20)8-10-14/h3-10H,1-2H3,(H,21,22,24,27). The van der Waals surface area contributed by atoms with E-state index in [2.05, 4.69) is 40.9 Å². The van der Waals surface area contributed by atoms with Crippen LogP contribution in [-0.2, 0) is 0 Å². The molecule has 0 saturated heterocycles. The summed E-state index contributed by atoms with van der Waals surface area (Å²) >= 11 is 4.54. The Kier molecular flexibility index (Phi) is 5.01. The van der Waals surface area contributed by atoms with Gasteiger partial charge < -0.3 is 0 Å². The normalized spacial score (nSPS) is 10.8. The fourth-order valence-corrected chi connectivity index (χ4v) is 3.56. The van der Waals surface area contributed by atoms with Crippen LogP contribution < -0.4 is 5.32 Å². The molecule has 0 fully saturated rings. The highest BCUT2D eigenvalue weighted by atomic mass is 79.9. The number of halogens is 1. The van der Waals surface area contributed by atoms with Crippen molar-refractivity contribution in [3.05, 3.63) is 69.8 Å². The van der Waals surface area contributed by atoms with E-state index in [1.807, 2.05) is 56.3 Å². The predicted molar refractivity (Wildman–Crippen MR) is 112 cm³/mol. The first-order chi connectivity index (χ1) is 13.5. The SMILES string of the molecule is Cc1ccccc1C(=O)Nc1nc(-c2nnn(-c3ccc(Br)cc3)c2C)ns1. The van der Waals surface area contributed by atoms with Crippen LogP contribution in [0, 0.1) is 13.8 Å². The highest BCUT2D eigenvalue weighted by Gasteiger charge is 2.18. The van der Waals surface area contributed by atoms with Crippen LogP contribution >= 0.6 is 27.5 Å². The Hall–Kier alpha value is -2.91. The third kappa shape index (κ3) is 3.58. The number of amides is 1. The number of rotatable bonds is 4. The van der Waals surface area contributed by atoms with Gasteiger partial charge in [0.1, 0.15) is 0 Å². The first-order valence-electron chi connectivity index (χ1n) is 8.42. The molecule has 0 unspecified atom stereocenters. The van der Waals surface area contributed by atoms with Crippen LogP contribution in [-0.4, -0.2) is 30.3 Å². The summed E-state index contributed by atoms with van der Waals surface area (Å²) in [6.45, 7) is 3.80. The van der Waals surface area contributed by atoms with Gasteiger partial charge in [0.15, 0.2) is 11.5 Å². The lowest BCUT2D eigenvalue weighted by molar-refractivity contribution is 0.102. The van der Waals surface area contributed by atoms with E-state index in [1.165, 1.54) is 0 Å². The summed E-state index contributed by atoms with van der Waals surface area (Å²) in [5, 5.41) is 11.6. The Morgan fingerprint density at radius 3 is 2.61 bits per heavy atom. The number of carbonyl (C=O) groups excluding carboxylic acids is 1. The van der Waals surface area contributed by atoms with Gasteiger partial charge in [0.25, 0.3) is 5.91 Å². The molecule has 4 rings (SSSR count). The predicted octanol–water partition coefficient (Wildman–Crippen LogP) is 4.42. The van der Waals surface area contributed by atoms with Crippen molar-refractivity contribution in [2.45, 2.75) is 13.8 Å². The Balaban J connectivity index is 1.57. The van der Waals surface area contributed by atoms with Crippen LogP contribution in [0.4, 0.5) is 5.13 Å². The molecule has 9 heteroatoms. The van der Waals surface area contributed by atoms with Crippen molar-refractivity contribution in [3.63, 3.8) is 0 Å². The minimum Gasteiger partial charge on any atom is -0.297 e. The van der Waals surface area contributed by atoms with Crippen molar-refractivity contribution >= 4 is 38.5 Å². The monoisotopic (exact) mass is 454 g/mol. The summed E-state index contributed by atoms with van der Waals surface area (Å²) in [5.74, 6) is 0.224. The van der Waals surface area contributed by atoms with Gasteiger partial charge in [0.2, 0.25) is 5.13 Å². The van der Waals surface area contributed by atoms with E-state index in [4.69, 9.17) is 0 Å². The Bertz CT molecular complexity index is 1150. The maximum Gasteiger partial charge on any atom is 0.257 e. The van der Waals surface area contributed by atoms with Gasteiger partial charge in [-0.2, -0.15) is 9.36 Å². The maximum atomic E-state index is 12.5. The van der Waals surface area contributed by atoms with Crippen LogP contribution in [0.5, 0.6) is 0 Å². The highest BCUT2D eigenvalue weighted by molar-refractivity contribution is 9.10. The molecule has 0 aliphatic rings. The zero-order valence-corrected chi connectivity index (χ0v) is 17.5. The number of anilines is 1. The van der Waals surface area contributed by atoms with E-state index < -0.39 is 0 Å². The van der Waals surface area contributed by atoms with E-state index >= 15 is 0 Å². The molecule has 2 aromatic carbocycles. The number of nitrogens with zero attached hydrogens (tertiary/aromatic N) is 5. The average molecular weight is 455 g/mol. The van der Waals surface area contributed by atoms with Crippen LogP contribution in [0.15, 0.2) is 53.0 Å². The smallest absolute Gasteiger partial charge is 0.257 e. The molecule has 0 spiro atoms. The van der Waals surface area contributed by atoms with Gasteiger partial charge in [0.05, 0.1) is 11.4 Å². The Morgan fingerprint density at radius 2 is 1.86 bits per heavy atom. The molecule has 2 aromatic heterocycles. The maximum absolute atomic E-state index is 12.5. The minimum atomic E-state index is -0.212. The van der Waals surface area contributed by atoms with E-state index in [1.54, 1.807) is 10.7 Å². The van der Waals surface area contributed by atoms with Gasteiger partial charge >= 0.3 is 0 Å². The molecule has 0 saturated carbocycles. The number of aryl methyl sites for hydroxylation is 1. The zero-order valence-electron chi connectivity index (χ0n) is 15.0. The van der Waals surface area contributed by atoms with Crippen LogP contribution in [0.25, 0.3) is 17.2 Å². The van der Waals surface area contributed by atoms with E-state index in [0.717, 1.165) is 32.9 Å². The first-order valence-corrected chi connectivity index (χ1v) is 9.99. The Morgan fingerprint density at radius 1 is 1.11 bits per heavy atom. The number of nitrogens with one attached hydrogen (secondary N) is 1. The highest BCUT2D eigenvalue weighted by Crippen LogP contribution is 2.24. The van der Waals surface area contributed by atoms with Gasteiger partial charge in [-0.15, -0.1) is 5.10 Å². The van der Waals surface area contributed by atoms with Crippen LogP contribution in [0.1, 0.15) is 21.6 Å². The molecular weight excluding hydrogens is 440 g/mol. The van der Waals surface area contributed by atoms with Crippen molar-refractivity contribution in [2.75, 3.05) is 5.32 Å². The number of hydrogen-bond donors (Lipinski definition) is 1. The summed E-state index contributed by atoms with van der Waals surface area (Å²) in [6, 6.07) is 15.2. The van der Waals surface area contributed by atoms with E-state index in [0.29, 0.717) is 22.2 Å². The van der Waals surface area contributed by atoms with Crippen molar-refractivity contribution in [1.82, 2.24) is 24.4 Å². The quantitative estimate of drug-likeness (QED) is 0.493. The molecular formula is C19H15BrN6OS. The average Bonchev–Trinajstić information content (AvgIpc) is 3.29. The topological polar surface area (TPSA) is 85.6 Å². The number of carbonyl (C=O) groups is 1. The van der Waals surface area contributed by atoms with Gasteiger partial charge in [-0.05, 0) is 49.7 Å². The summed E-state index contributed by atoms with van der Waals surface area (Å²) in [6.07, 6.45) is 0. The second-order valence-corrected chi connectivity index (χ2v) is 7.77. The van der Waals surface area contributed by atoms with Crippen LogP contribution in [0.3, 0.4) is 0 Å². The molecule has 7 nitrogen and oxygen atoms in total. The molecule has 0 radical (unpaired) electrons. The third-order valence-electron chi connectivity index (χ3n) is 4.21. The Labute approximate surface area is 173 Å². The van der Waals surface area contributed by atoms with Crippen molar-refractivity contribution < 1.29 is 4.79 Å². The van der Waals surface area contributed by atoms with Gasteiger partial charge in [-0.25, -0.2) is 4.68 Å². The summed E-state index contributed by atoms with van der Waals surface area (Å²) in [4.78, 5) is 16.9. The fourth-order valence-electron chi connectivity index (χ4n) is 2.73. The number of benzene rings is 2. The zero-order chi connectivity index (χ0) is 19.7. The second kappa shape index (κ2) is 7.61. The van der Waals surface area contributed by atoms with E-state index in [9.17, 15) is 4.79 Å². The summed E-state index contributed by atoms with van der Waals surface area (Å²) < 4.78 is 7.05. The summed E-state index contributed by atoms with van der Waals surface area (Å²) in [7, 11) is 0. The third-order valence-corrected chi connectivity index (χ3v) is 5.37. The van der Waals surface area contributed by atoms with Gasteiger partial charge in [-0.3, -0.25) is 10.1 Å². The number of aromatic nitrogens is 5. The number of hydrogen-bond acceptors (Lipinski definition) is 6. The van der Waals surface area contributed by atoms with Crippen molar-refractivity contribution in [1.29, 1.82) is 0 Å². The summed E-state index contributed by atoms with van der Waals surface area (Å²) in [5.41, 5.74) is 3.80. The van der Waals surface area contributed by atoms with Gasteiger partial charge in [0, 0.05) is 21.6 Å². The molecule has 1 N–H and O–H groups in total. The lowest BCUT2D eigenvalue weighted by Gasteiger charge is -2.04. The molecule has 28 heavy (non-hydrogen) atoms. The minimum absolute atomic E-state index is 0.212. The van der Waals surface area contributed by atoms with Crippen LogP contribution in [0.2, 0.25) is 0 Å². The van der Waals surface area contributed by atoms with Gasteiger partial charge in [-0.1, -0.05) is 39.3 Å². The van der Waals surface area contributed by atoms with Crippen molar-refractivity contribution in [3.8, 4) is 17.2 Å². The molecule has 0 bridgehead atoms. The van der Waals surface area contributed by atoms with Crippen molar-refractivity contribution in [2.24, 2.45) is 0 Å². The lowest BCUT2D eigenvalue weighted by Crippen LogP contribution is -2.13. The molecule has 1 amide bonds. The fraction of sp³-hybridized carbons (Fsp3) is 0.105. The molecule has 0 aliphatic carbocycles. The first kappa shape index (κ1) is 18.5. The molecule has 4 aromatic rings. The second-order valence-electron chi connectivity index (χ2n) is 6.10. The molecule has 0 atom stereocenters. The largest absolute Gasteiger partial charge is 0.297 e. The van der Waals surface area contributed by atoms with E-state index in [-0.39, 0.29) is 5.91 Å².